The Labute approximate surface area is 180 Å². The normalized spacial score (nSPS) is 23.0. The lowest BCUT2D eigenvalue weighted by atomic mass is 9.78. The van der Waals surface area contributed by atoms with Crippen LogP contribution in [0.4, 0.5) is 14.6 Å². The first-order valence-electron chi connectivity index (χ1n) is 9.99. The van der Waals surface area contributed by atoms with E-state index in [-0.39, 0.29) is 27.9 Å². The van der Waals surface area contributed by atoms with Gasteiger partial charge in [0, 0.05) is 25.2 Å². The van der Waals surface area contributed by atoms with Crippen LogP contribution in [0.2, 0.25) is 5.02 Å². The molecule has 2 aromatic rings. The molecule has 3 aliphatic heterocycles. The number of nitrogens with one attached hydrogen (secondary N) is 1. The van der Waals surface area contributed by atoms with Crippen molar-refractivity contribution in [3.05, 3.63) is 40.0 Å². The van der Waals surface area contributed by atoms with Gasteiger partial charge in [0.25, 0.3) is 0 Å². The van der Waals surface area contributed by atoms with Gasteiger partial charge in [0.2, 0.25) is 0 Å². The molecule has 1 aromatic heterocycles. The molecule has 0 aliphatic carbocycles. The van der Waals surface area contributed by atoms with Gasteiger partial charge < -0.3 is 10.2 Å². The van der Waals surface area contributed by atoms with Crippen molar-refractivity contribution in [1.82, 2.24) is 15.3 Å². The molecule has 1 spiro atoms. The lowest BCUT2D eigenvalue weighted by Crippen LogP contribution is -2.42. The number of rotatable bonds is 2. The van der Waals surface area contributed by atoms with Crippen LogP contribution in [0.1, 0.15) is 30.5 Å². The Kier molecular flexibility index (Phi) is 4.94. The fraction of sp³-hybridized carbons (Fsp3) is 0.500. The van der Waals surface area contributed by atoms with Crippen LogP contribution in [-0.2, 0) is 11.5 Å². The van der Waals surface area contributed by atoms with E-state index in [0.717, 1.165) is 57.6 Å². The number of hydrogen-bond donors (Lipinski definition) is 3. The van der Waals surface area contributed by atoms with Crippen molar-refractivity contribution in [3.63, 3.8) is 0 Å². The van der Waals surface area contributed by atoms with Gasteiger partial charge in [0.1, 0.15) is 17.5 Å². The maximum atomic E-state index is 14.5. The van der Waals surface area contributed by atoms with Gasteiger partial charge in [-0.3, -0.25) is 9.11 Å². The Morgan fingerprint density at radius 1 is 1.07 bits per heavy atom. The number of fused-ring (bicyclic) bond motifs is 1. The molecule has 3 N–H and O–H groups in total. The third kappa shape index (κ3) is 3.56. The fourth-order valence-corrected chi connectivity index (χ4v) is 6.46. The second kappa shape index (κ2) is 7.27. The minimum absolute atomic E-state index is 0.00421. The third-order valence-corrected chi connectivity index (χ3v) is 8.30. The smallest absolute Gasteiger partial charge is 0.164 e. The summed E-state index contributed by atoms with van der Waals surface area (Å²) in [6, 6.07) is 1.90. The summed E-state index contributed by atoms with van der Waals surface area (Å²) in [5.41, 5.74) is 1.42. The molecule has 6 nitrogen and oxygen atoms in total. The Morgan fingerprint density at radius 3 is 2.53 bits per heavy atom. The standard InChI is InChI=1S/C20H23ClF2N4O2S/c21-14-8-15(22)12(7-16(14)23)18-25-17-10-30(28,29)9-13(17)19(26-18)27-5-2-20(3-6-27)1-4-24-11-20/h7-8,24,28-29H,1-6,9-11H2. The number of piperidine rings is 1. The molecule has 4 heterocycles. The monoisotopic (exact) mass is 456 g/mol. The maximum Gasteiger partial charge on any atom is 0.164 e. The van der Waals surface area contributed by atoms with Crippen LogP contribution in [0.15, 0.2) is 12.1 Å². The van der Waals surface area contributed by atoms with Crippen LogP contribution < -0.4 is 10.2 Å². The average Bonchev–Trinajstić information content (AvgIpc) is 3.27. The summed E-state index contributed by atoms with van der Waals surface area (Å²) < 4.78 is 49.2. The fourth-order valence-electron chi connectivity index (χ4n) is 4.78. The van der Waals surface area contributed by atoms with E-state index in [4.69, 9.17) is 11.6 Å². The first-order chi connectivity index (χ1) is 14.3. The molecule has 3 aliphatic rings. The zero-order valence-electron chi connectivity index (χ0n) is 16.3. The van der Waals surface area contributed by atoms with Crippen LogP contribution in [-0.4, -0.2) is 45.3 Å². The molecule has 2 saturated heterocycles. The molecule has 0 radical (unpaired) electrons. The highest BCUT2D eigenvalue weighted by Crippen LogP contribution is 2.54. The zero-order valence-corrected chi connectivity index (χ0v) is 17.9. The predicted molar refractivity (Wildman–Crippen MR) is 114 cm³/mol. The summed E-state index contributed by atoms with van der Waals surface area (Å²) in [5.74, 6) is -0.731. The second-order valence-electron chi connectivity index (χ2n) is 8.55. The van der Waals surface area contributed by atoms with Gasteiger partial charge in [-0.2, -0.15) is 10.6 Å². The number of halogens is 3. The van der Waals surface area contributed by atoms with Crippen LogP contribution in [0.5, 0.6) is 0 Å². The van der Waals surface area contributed by atoms with Gasteiger partial charge in [-0.15, -0.1) is 0 Å². The average molecular weight is 457 g/mol. The predicted octanol–water partition coefficient (Wildman–Crippen LogP) is 4.42. The summed E-state index contributed by atoms with van der Waals surface area (Å²) in [6.07, 6.45) is 3.17. The summed E-state index contributed by atoms with van der Waals surface area (Å²) in [7, 11) is -2.84. The third-order valence-electron chi connectivity index (χ3n) is 6.52. The van der Waals surface area contributed by atoms with E-state index in [2.05, 4.69) is 20.2 Å². The summed E-state index contributed by atoms with van der Waals surface area (Å²) >= 11 is 5.68. The van der Waals surface area contributed by atoms with Gasteiger partial charge in [-0.1, -0.05) is 11.6 Å². The van der Waals surface area contributed by atoms with E-state index in [1.807, 2.05) is 0 Å². The first-order valence-corrected chi connectivity index (χ1v) is 12.3. The van der Waals surface area contributed by atoms with Crippen molar-refractivity contribution in [2.75, 3.05) is 31.1 Å². The summed E-state index contributed by atoms with van der Waals surface area (Å²) in [4.78, 5) is 11.1. The highest BCUT2D eigenvalue weighted by atomic mass is 35.5. The summed E-state index contributed by atoms with van der Waals surface area (Å²) in [5, 5.41) is 3.13. The minimum atomic E-state index is -2.84. The Hall–Kier alpha value is -1.52. The molecule has 0 unspecified atom stereocenters. The molecule has 30 heavy (non-hydrogen) atoms. The molecule has 0 atom stereocenters. The van der Waals surface area contributed by atoms with E-state index < -0.39 is 22.2 Å². The maximum absolute atomic E-state index is 14.5. The van der Waals surface area contributed by atoms with Crippen LogP contribution in [0.25, 0.3) is 11.4 Å². The molecule has 0 amide bonds. The second-order valence-corrected chi connectivity index (χ2v) is 11.1. The largest absolute Gasteiger partial charge is 0.356 e. The van der Waals surface area contributed by atoms with Crippen molar-refractivity contribution in [3.8, 4) is 11.4 Å². The molecule has 1 aromatic carbocycles. The van der Waals surface area contributed by atoms with Crippen LogP contribution in [0.3, 0.4) is 0 Å². The topological polar surface area (TPSA) is 81.5 Å². The quantitative estimate of drug-likeness (QED) is 0.580. The van der Waals surface area contributed by atoms with E-state index in [1.165, 1.54) is 0 Å². The molecule has 10 heteroatoms. The van der Waals surface area contributed by atoms with Crippen LogP contribution >= 0.6 is 22.2 Å². The SMILES string of the molecule is OS1(O)Cc2nc(-c3cc(F)c(Cl)cc3F)nc(N3CCC4(CCNC4)CC3)c2C1. The Balaban J connectivity index is 1.55. The summed E-state index contributed by atoms with van der Waals surface area (Å²) in [6.45, 7) is 3.61. The lowest BCUT2D eigenvalue weighted by Gasteiger charge is -2.40. The molecular weight excluding hydrogens is 434 g/mol. The molecule has 0 saturated carbocycles. The molecule has 5 rings (SSSR count). The van der Waals surface area contributed by atoms with Gasteiger partial charge in [-0.25, -0.2) is 18.7 Å². The van der Waals surface area contributed by atoms with Crippen molar-refractivity contribution in [1.29, 1.82) is 0 Å². The van der Waals surface area contributed by atoms with Gasteiger partial charge in [-0.05, 0) is 43.4 Å². The molecule has 2 fully saturated rings. The molecule has 162 valence electrons. The Bertz CT molecular complexity index is 1010. The van der Waals surface area contributed by atoms with Gasteiger partial charge >= 0.3 is 0 Å². The van der Waals surface area contributed by atoms with E-state index in [9.17, 15) is 17.9 Å². The number of nitrogens with zero attached hydrogens (tertiary/aromatic N) is 3. The molecule has 0 bridgehead atoms. The lowest BCUT2D eigenvalue weighted by molar-refractivity contribution is 0.247. The first kappa shape index (κ1) is 20.4. The van der Waals surface area contributed by atoms with Crippen molar-refractivity contribution >= 4 is 28.0 Å². The Morgan fingerprint density at radius 2 is 1.83 bits per heavy atom. The highest BCUT2D eigenvalue weighted by molar-refractivity contribution is 8.23. The molecular formula is C20H23ClF2N4O2S. The minimum Gasteiger partial charge on any atom is -0.356 e. The van der Waals surface area contributed by atoms with Crippen molar-refractivity contribution in [2.45, 2.75) is 30.8 Å². The van der Waals surface area contributed by atoms with Gasteiger partial charge in [0.15, 0.2) is 5.82 Å². The van der Waals surface area contributed by atoms with Crippen molar-refractivity contribution in [2.24, 2.45) is 5.41 Å². The number of aromatic nitrogens is 2. The van der Waals surface area contributed by atoms with Crippen molar-refractivity contribution < 1.29 is 17.9 Å². The number of benzene rings is 1. The van der Waals surface area contributed by atoms with Crippen LogP contribution in [0, 0.1) is 17.0 Å². The van der Waals surface area contributed by atoms with Gasteiger partial charge in [0.05, 0.1) is 27.8 Å². The van der Waals surface area contributed by atoms with E-state index >= 15 is 0 Å². The van der Waals surface area contributed by atoms with E-state index in [1.54, 1.807) is 0 Å². The number of hydrogen-bond acceptors (Lipinski definition) is 6. The highest BCUT2D eigenvalue weighted by Gasteiger charge is 2.39. The zero-order chi connectivity index (χ0) is 21.1. The number of anilines is 1. The van der Waals surface area contributed by atoms with E-state index in [0.29, 0.717) is 22.5 Å².